The van der Waals surface area contributed by atoms with E-state index in [1.807, 2.05) is 4.90 Å². The van der Waals surface area contributed by atoms with Gasteiger partial charge in [0, 0.05) is 19.1 Å². The summed E-state index contributed by atoms with van der Waals surface area (Å²) in [7, 11) is 0. The van der Waals surface area contributed by atoms with Gasteiger partial charge < -0.3 is 16.8 Å². The summed E-state index contributed by atoms with van der Waals surface area (Å²) in [4.78, 5) is 28.4. The van der Waals surface area contributed by atoms with Crippen molar-refractivity contribution in [2.75, 3.05) is 25.4 Å². The van der Waals surface area contributed by atoms with Gasteiger partial charge in [-0.1, -0.05) is 0 Å². The van der Waals surface area contributed by atoms with Gasteiger partial charge in [0.1, 0.15) is 12.9 Å². The Morgan fingerprint density at radius 3 is 2.60 bits per heavy atom. The molecular weight excluding hydrogens is 262 g/mol. The minimum atomic E-state index is -0.323. The van der Waals surface area contributed by atoms with Crippen molar-refractivity contribution < 1.29 is 9.59 Å². The van der Waals surface area contributed by atoms with Crippen LogP contribution in [0.1, 0.15) is 12.8 Å². The number of nitrogens with zero attached hydrogens (tertiary/aromatic N) is 4. The Bertz CT molecular complexity index is 479. The molecule has 20 heavy (non-hydrogen) atoms. The summed E-state index contributed by atoms with van der Waals surface area (Å²) in [5.74, 6) is -0.294. The van der Waals surface area contributed by atoms with Crippen molar-refractivity contribution in [1.82, 2.24) is 25.0 Å². The molecule has 5 N–H and O–H groups in total. The summed E-state index contributed by atoms with van der Waals surface area (Å²) in [5, 5.41) is 6.79. The van der Waals surface area contributed by atoms with E-state index in [0.717, 1.165) is 25.9 Å². The van der Waals surface area contributed by atoms with E-state index in [9.17, 15) is 9.59 Å². The molecule has 1 aliphatic rings. The number of rotatable bonds is 5. The molecule has 1 saturated heterocycles. The Morgan fingerprint density at radius 1 is 1.35 bits per heavy atom. The Kier molecular flexibility index (Phi) is 4.51. The number of hydrogen-bond donors (Lipinski definition) is 3. The highest BCUT2D eigenvalue weighted by atomic mass is 16.2. The molecule has 0 aliphatic carbocycles. The summed E-state index contributed by atoms with van der Waals surface area (Å²) >= 11 is 0. The molecule has 2 heterocycles. The van der Waals surface area contributed by atoms with E-state index < -0.39 is 0 Å². The van der Waals surface area contributed by atoms with Gasteiger partial charge in [-0.15, -0.1) is 5.10 Å². The van der Waals surface area contributed by atoms with E-state index in [4.69, 9.17) is 11.5 Å². The first-order chi connectivity index (χ1) is 9.52. The SMILES string of the molecule is NC(=O)CN1CCC(NC(=O)Cn2cnc(N)n2)CC1. The van der Waals surface area contributed by atoms with Crippen LogP contribution >= 0.6 is 0 Å². The van der Waals surface area contributed by atoms with E-state index in [1.54, 1.807) is 0 Å². The number of piperidine rings is 1. The van der Waals surface area contributed by atoms with Crippen LogP contribution in [0.3, 0.4) is 0 Å². The molecule has 0 spiro atoms. The van der Waals surface area contributed by atoms with Gasteiger partial charge in [-0.25, -0.2) is 9.67 Å². The predicted molar refractivity (Wildman–Crippen MR) is 71.2 cm³/mol. The maximum Gasteiger partial charge on any atom is 0.242 e. The molecule has 1 aliphatic heterocycles. The summed E-state index contributed by atoms with van der Waals surface area (Å²) in [5.41, 5.74) is 10.5. The first kappa shape index (κ1) is 14.3. The van der Waals surface area contributed by atoms with Gasteiger partial charge in [-0.3, -0.25) is 14.5 Å². The van der Waals surface area contributed by atoms with Gasteiger partial charge in [-0.05, 0) is 12.8 Å². The third-order valence-electron chi connectivity index (χ3n) is 3.19. The fourth-order valence-electron chi connectivity index (χ4n) is 2.26. The summed E-state index contributed by atoms with van der Waals surface area (Å²) in [6, 6.07) is 0.118. The highest BCUT2D eigenvalue weighted by Gasteiger charge is 2.21. The van der Waals surface area contributed by atoms with E-state index in [0.29, 0.717) is 0 Å². The summed E-state index contributed by atoms with van der Waals surface area (Å²) in [6.45, 7) is 1.89. The number of likely N-dealkylation sites (tertiary alicyclic amines) is 1. The molecule has 1 aromatic rings. The number of primary amides is 1. The van der Waals surface area contributed by atoms with E-state index >= 15 is 0 Å². The molecule has 2 rings (SSSR count). The number of carbonyl (C=O) groups excluding carboxylic acids is 2. The lowest BCUT2D eigenvalue weighted by molar-refractivity contribution is -0.123. The van der Waals surface area contributed by atoms with Gasteiger partial charge in [0.15, 0.2) is 0 Å². The van der Waals surface area contributed by atoms with Crippen LogP contribution in [0.4, 0.5) is 5.95 Å². The number of anilines is 1. The lowest BCUT2D eigenvalue weighted by Gasteiger charge is -2.31. The van der Waals surface area contributed by atoms with Crippen LogP contribution in [0.5, 0.6) is 0 Å². The fraction of sp³-hybridized carbons (Fsp3) is 0.636. The number of nitrogens with one attached hydrogen (secondary N) is 1. The normalized spacial score (nSPS) is 17.0. The van der Waals surface area contributed by atoms with Crippen molar-refractivity contribution in [2.24, 2.45) is 5.73 Å². The number of carbonyl (C=O) groups is 2. The summed E-state index contributed by atoms with van der Waals surface area (Å²) < 4.78 is 1.40. The minimum Gasteiger partial charge on any atom is -0.369 e. The van der Waals surface area contributed by atoms with Crippen LogP contribution in [0, 0.1) is 0 Å². The molecule has 2 amide bonds. The second-order valence-electron chi connectivity index (χ2n) is 4.88. The van der Waals surface area contributed by atoms with Crippen molar-refractivity contribution in [2.45, 2.75) is 25.4 Å². The van der Waals surface area contributed by atoms with Gasteiger partial charge >= 0.3 is 0 Å². The fourth-order valence-corrected chi connectivity index (χ4v) is 2.26. The number of nitrogens with two attached hydrogens (primary N) is 2. The third-order valence-corrected chi connectivity index (χ3v) is 3.19. The average Bonchev–Trinajstić information content (AvgIpc) is 2.76. The lowest BCUT2D eigenvalue weighted by atomic mass is 10.1. The van der Waals surface area contributed by atoms with Crippen LogP contribution in [0.25, 0.3) is 0 Å². The molecule has 1 fully saturated rings. The molecule has 0 aromatic carbocycles. The highest BCUT2D eigenvalue weighted by Crippen LogP contribution is 2.09. The number of hydrogen-bond acceptors (Lipinski definition) is 6. The zero-order valence-corrected chi connectivity index (χ0v) is 11.2. The highest BCUT2D eigenvalue weighted by molar-refractivity contribution is 5.76. The van der Waals surface area contributed by atoms with Crippen molar-refractivity contribution >= 4 is 17.8 Å². The van der Waals surface area contributed by atoms with Crippen LogP contribution in [0.15, 0.2) is 6.33 Å². The van der Waals surface area contributed by atoms with Gasteiger partial charge in [0.2, 0.25) is 17.8 Å². The summed E-state index contributed by atoms with van der Waals surface area (Å²) in [6.07, 6.45) is 3.03. The molecule has 9 heteroatoms. The second-order valence-corrected chi connectivity index (χ2v) is 4.88. The van der Waals surface area contributed by atoms with Crippen molar-refractivity contribution in [3.8, 4) is 0 Å². The van der Waals surface area contributed by atoms with E-state index in [1.165, 1.54) is 11.0 Å². The maximum absolute atomic E-state index is 11.8. The van der Waals surface area contributed by atoms with Crippen LogP contribution in [-0.4, -0.2) is 57.2 Å². The predicted octanol–water partition coefficient (Wildman–Crippen LogP) is -2.07. The zero-order valence-electron chi connectivity index (χ0n) is 11.2. The van der Waals surface area contributed by atoms with Gasteiger partial charge in [0.05, 0.1) is 6.54 Å². The minimum absolute atomic E-state index is 0.103. The molecule has 0 saturated carbocycles. The van der Waals surface area contributed by atoms with E-state index in [2.05, 4.69) is 15.4 Å². The molecule has 0 atom stereocenters. The van der Waals surface area contributed by atoms with Crippen molar-refractivity contribution in [1.29, 1.82) is 0 Å². The molecular formula is C11H19N7O2. The number of nitrogen functional groups attached to an aromatic ring is 1. The molecule has 110 valence electrons. The maximum atomic E-state index is 11.8. The lowest BCUT2D eigenvalue weighted by Crippen LogP contribution is -2.47. The van der Waals surface area contributed by atoms with Crippen LogP contribution in [-0.2, 0) is 16.1 Å². The molecule has 9 nitrogen and oxygen atoms in total. The third kappa shape index (κ3) is 4.19. The standard InChI is InChI=1S/C11H19N7O2/c12-9(19)5-17-3-1-8(2-4-17)15-10(20)6-18-7-14-11(13)16-18/h7-8H,1-6H2,(H2,12,19)(H2,13,16)(H,15,20). The topological polar surface area (TPSA) is 132 Å². The first-order valence-electron chi connectivity index (χ1n) is 6.48. The van der Waals surface area contributed by atoms with Gasteiger partial charge in [0.25, 0.3) is 0 Å². The molecule has 0 bridgehead atoms. The van der Waals surface area contributed by atoms with Crippen molar-refractivity contribution in [3.05, 3.63) is 6.33 Å². The Hall–Kier alpha value is -2.16. The van der Waals surface area contributed by atoms with Crippen molar-refractivity contribution in [3.63, 3.8) is 0 Å². The van der Waals surface area contributed by atoms with Gasteiger partial charge in [-0.2, -0.15) is 0 Å². The smallest absolute Gasteiger partial charge is 0.242 e. The largest absolute Gasteiger partial charge is 0.369 e. The molecule has 0 radical (unpaired) electrons. The molecule has 0 unspecified atom stereocenters. The zero-order chi connectivity index (χ0) is 14.5. The van der Waals surface area contributed by atoms with E-state index in [-0.39, 0.29) is 36.9 Å². The average molecular weight is 281 g/mol. The van der Waals surface area contributed by atoms with Crippen LogP contribution in [0.2, 0.25) is 0 Å². The Morgan fingerprint density at radius 2 is 2.05 bits per heavy atom. The second kappa shape index (κ2) is 6.33. The quantitative estimate of drug-likeness (QED) is 0.568. The molecule has 1 aromatic heterocycles. The Labute approximate surface area is 116 Å². The van der Waals surface area contributed by atoms with Crippen LogP contribution < -0.4 is 16.8 Å². The Balaban J connectivity index is 1.72. The monoisotopic (exact) mass is 281 g/mol. The number of aromatic nitrogens is 3. The number of amides is 2. The first-order valence-corrected chi connectivity index (χ1v) is 6.48.